The van der Waals surface area contributed by atoms with Crippen LogP contribution in [0.15, 0.2) is 0 Å². The summed E-state index contributed by atoms with van der Waals surface area (Å²) < 4.78 is 0. The minimum absolute atomic E-state index is 0.109. The van der Waals surface area contributed by atoms with E-state index in [1.165, 1.54) is 4.90 Å². The molecule has 0 aromatic rings. The van der Waals surface area contributed by atoms with E-state index in [1.807, 2.05) is 13.8 Å². The molecule has 0 spiro atoms. The third-order valence-corrected chi connectivity index (χ3v) is 2.59. The predicted octanol–water partition coefficient (Wildman–Crippen LogP) is -0.827. The maximum atomic E-state index is 11.8. The number of nitrogens with two attached hydrogens (primary N) is 1. The van der Waals surface area contributed by atoms with Gasteiger partial charge in [0.2, 0.25) is 5.91 Å². The smallest absolute Gasteiger partial charge is 0.239 e. The SMILES string of the molecule is CCC(C)[C@H](N)C(=O)N(CCO)CCO. The van der Waals surface area contributed by atoms with Crippen LogP contribution in [0.3, 0.4) is 0 Å². The van der Waals surface area contributed by atoms with Gasteiger partial charge in [-0.15, -0.1) is 0 Å². The van der Waals surface area contributed by atoms with E-state index in [4.69, 9.17) is 15.9 Å². The van der Waals surface area contributed by atoms with Gasteiger partial charge in [-0.05, 0) is 5.92 Å². The van der Waals surface area contributed by atoms with Crippen molar-refractivity contribution < 1.29 is 15.0 Å². The summed E-state index contributed by atoms with van der Waals surface area (Å²) in [6.45, 7) is 4.11. The van der Waals surface area contributed by atoms with Crippen molar-refractivity contribution >= 4 is 5.91 Å². The normalized spacial score (nSPS) is 14.7. The van der Waals surface area contributed by atoms with Crippen LogP contribution in [0.1, 0.15) is 20.3 Å². The van der Waals surface area contributed by atoms with Crippen LogP contribution < -0.4 is 5.73 Å². The zero-order valence-electron chi connectivity index (χ0n) is 9.52. The highest BCUT2D eigenvalue weighted by molar-refractivity contribution is 5.81. The standard InChI is InChI=1S/C10H22N2O3/c1-3-8(2)9(11)10(15)12(4-6-13)5-7-14/h8-9,13-14H,3-7,11H2,1-2H3/t8?,9-/m0/s1. The van der Waals surface area contributed by atoms with Crippen molar-refractivity contribution in [3.05, 3.63) is 0 Å². The number of aliphatic hydroxyl groups is 2. The topological polar surface area (TPSA) is 86.8 Å². The molecule has 1 unspecified atom stereocenters. The molecule has 0 fully saturated rings. The van der Waals surface area contributed by atoms with Gasteiger partial charge in [0.15, 0.2) is 0 Å². The van der Waals surface area contributed by atoms with Crippen molar-refractivity contribution in [3.63, 3.8) is 0 Å². The van der Waals surface area contributed by atoms with E-state index in [9.17, 15) is 4.79 Å². The number of carbonyl (C=O) groups excluding carboxylic acids is 1. The molecule has 5 heteroatoms. The summed E-state index contributed by atoms with van der Waals surface area (Å²) in [6.07, 6.45) is 0.832. The first-order valence-electron chi connectivity index (χ1n) is 5.34. The number of amides is 1. The van der Waals surface area contributed by atoms with Gasteiger partial charge in [0, 0.05) is 13.1 Å². The molecule has 0 heterocycles. The molecule has 0 aliphatic carbocycles. The number of rotatable bonds is 7. The summed E-state index contributed by atoms with van der Waals surface area (Å²) in [5.41, 5.74) is 5.78. The predicted molar refractivity (Wildman–Crippen MR) is 58.2 cm³/mol. The molecule has 90 valence electrons. The summed E-state index contributed by atoms with van der Waals surface area (Å²) in [5.74, 6) is -0.0927. The van der Waals surface area contributed by atoms with Gasteiger partial charge < -0.3 is 20.8 Å². The summed E-state index contributed by atoms with van der Waals surface area (Å²) in [5, 5.41) is 17.5. The maximum absolute atomic E-state index is 11.8. The van der Waals surface area contributed by atoms with Gasteiger partial charge in [0.25, 0.3) is 0 Å². The van der Waals surface area contributed by atoms with Crippen LogP contribution in [0.2, 0.25) is 0 Å². The molecule has 2 atom stereocenters. The molecule has 4 N–H and O–H groups in total. The Morgan fingerprint density at radius 2 is 1.80 bits per heavy atom. The average molecular weight is 218 g/mol. The van der Waals surface area contributed by atoms with Crippen LogP contribution >= 0.6 is 0 Å². The largest absolute Gasteiger partial charge is 0.395 e. The number of nitrogens with zero attached hydrogens (tertiary/aromatic N) is 1. The summed E-state index contributed by atoms with van der Waals surface area (Å²) >= 11 is 0. The van der Waals surface area contributed by atoms with Gasteiger partial charge in [-0.3, -0.25) is 4.79 Å². The minimum Gasteiger partial charge on any atom is -0.395 e. The Bertz CT molecular complexity index is 182. The second-order valence-electron chi connectivity index (χ2n) is 3.68. The molecule has 0 aromatic carbocycles. The molecule has 0 aromatic heterocycles. The van der Waals surface area contributed by atoms with Gasteiger partial charge >= 0.3 is 0 Å². The fourth-order valence-electron chi connectivity index (χ4n) is 1.28. The van der Waals surface area contributed by atoms with Crippen LogP contribution in [-0.4, -0.2) is 53.4 Å². The molecule has 15 heavy (non-hydrogen) atoms. The molecule has 0 saturated carbocycles. The molecule has 0 radical (unpaired) electrons. The summed E-state index contributed by atoms with van der Waals surface area (Å²) in [6, 6.07) is -0.548. The van der Waals surface area contributed by atoms with Gasteiger partial charge in [0.05, 0.1) is 19.3 Å². The van der Waals surface area contributed by atoms with E-state index in [0.717, 1.165) is 6.42 Å². The fraction of sp³-hybridized carbons (Fsp3) is 0.900. The maximum Gasteiger partial charge on any atom is 0.239 e. The Balaban J connectivity index is 4.33. The fourth-order valence-corrected chi connectivity index (χ4v) is 1.28. The van der Waals surface area contributed by atoms with E-state index >= 15 is 0 Å². The van der Waals surface area contributed by atoms with E-state index in [0.29, 0.717) is 0 Å². The second-order valence-corrected chi connectivity index (χ2v) is 3.68. The third-order valence-electron chi connectivity index (χ3n) is 2.59. The molecule has 0 aliphatic heterocycles. The van der Waals surface area contributed by atoms with Crippen LogP contribution in [0, 0.1) is 5.92 Å². The molecule has 1 amide bonds. The van der Waals surface area contributed by atoms with Crippen molar-refractivity contribution in [2.45, 2.75) is 26.3 Å². The molecule has 0 rings (SSSR count). The Morgan fingerprint density at radius 3 is 2.13 bits per heavy atom. The highest BCUT2D eigenvalue weighted by Gasteiger charge is 2.24. The molecular weight excluding hydrogens is 196 g/mol. The quantitative estimate of drug-likeness (QED) is 0.520. The van der Waals surface area contributed by atoms with E-state index in [2.05, 4.69) is 0 Å². The number of aliphatic hydroxyl groups excluding tert-OH is 2. The Morgan fingerprint density at radius 1 is 1.33 bits per heavy atom. The lowest BCUT2D eigenvalue weighted by molar-refractivity contribution is -0.134. The lowest BCUT2D eigenvalue weighted by Crippen LogP contribution is -2.48. The summed E-state index contributed by atoms with van der Waals surface area (Å²) in [4.78, 5) is 13.2. The Hall–Kier alpha value is -0.650. The molecule has 0 bridgehead atoms. The number of hydrogen-bond donors (Lipinski definition) is 3. The first kappa shape index (κ1) is 14.3. The first-order valence-corrected chi connectivity index (χ1v) is 5.34. The Kier molecular flexibility index (Phi) is 7.29. The Labute approximate surface area is 90.9 Å². The van der Waals surface area contributed by atoms with Crippen LogP contribution in [0.25, 0.3) is 0 Å². The van der Waals surface area contributed by atoms with Gasteiger partial charge in [-0.25, -0.2) is 0 Å². The molecule has 5 nitrogen and oxygen atoms in total. The van der Waals surface area contributed by atoms with Crippen LogP contribution in [0.5, 0.6) is 0 Å². The lowest BCUT2D eigenvalue weighted by atomic mass is 9.99. The van der Waals surface area contributed by atoms with Crippen molar-refractivity contribution in [3.8, 4) is 0 Å². The van der Waals surface area contributed by atoms with Crippen molar-refractivity contribution in [1.82, 2.24) is 4.90 Å². The third kappa shape index (κ3) is 4.59. The van der Waals surface area contributed by atoms with Crippen molar-refractivity contribution in [2.24, 2.45) is 11.7 Å². The van der Waals surface area contributed by atoms with Gasteiger partial charge in [-0.1, -0.05) is 20.3 Å². The summed E-state index contributed by atoms with van der Waals surface area (Å²) in [7, 11) is 0. The second kappa shape index (κ2) is 7.62. The van der Waals surface area contributed by atoms with E-state index in [-0.39, 0.29) is 38.1 Å². The van der Waals surface area contributed by atoms with Crippen LogP contribution in [-0.2, 0) is 4.79 Å². The number of hydrogen-bond acceptors (Lipinski definition) is 4. The average Bonchev–Trinajstić information content (AvgIpc) is 2.25. The zero-order valence-corrected chi connectivity index (χ0v) is 9.52. The zero-order chi connectivity index (χ0) is 11.8. The monoisotopic (exact) mass is 218 g/mol. The molecular formula is C10H22N2O3. The molecule has 0 aliphatic rings. The van der Waals surface area contributed by atoms with Gasteiger partial charge in [-0.2, -0.15) is 0 Å². The van der Waals surface area contributed by atoms with E-state index in [1.54, 1.807) is 0 Å². The van der Waals surface area contributed by atoms with Crippen molar-refractivity contribution in [2.75, 3.05) is 26.3 Å². The lowest BCUT2D eigenvalue weighted by Gasteiger charge is -2.26. The highest BCUT2D eigenvalue weighted by atomic mass is 16.3. The first-order chi connectivity index (χ1) is 7.08. The van der Waals surface area contributed by atoms with Crippen LogP contribution in [0.4, 0.5) is 0 Å². The van der Waals surface area contributed by atoms with Crippen molar-refractivity contribution in [1.29, 1.82) is 0 Å². The van der Waals surface area contributed by atoms with E-state index < -0.39 is 6.04 Å². The molecule has 0 saturated heterocycles. The van der Waals surface area contributed by atoms with Gasteiger partial charge in [0.1, 0.15) is 0 Å². The minimum atomic E-state index is -0.548. The number of carbonyl (C=O) groups is 1. The highest BCUT2D eigenvalue weighted by Crippen LogP contribution is 2.08.